The van der Waals surface area contributed by atoms with Crippen molar-refractivity contribution in [2.75, 3.05) is 20.1 Å². The summed E-state index contributed by atoms with van der Waals surface area (Å²) in [6.45, 7) is 1.85. The number of hydrogen-bond donors (Lipinski definition) is 1. The average Bonchev–Trinajstić information content (AvgIpc) is 2.53. The topological polar surface area (TPSA) is 47.1 Å². The molecule has 2 heterocycles. The Bertz CT molecular complexity index is 318. The van der Waals surface area contributed by atoms with E-state index in [4.69, 9.17) is 5.73 Å². The van der Waals surface area contributed by atoms with E-state index >= 15 is 0 Å². The highest BCUT2D eigenvalue weighted by Crippen LogP contribution is 2.29. The highest BCUT2D eigenvalue weighted by molar-refractivity contribution is 5.24. The molecule has 2 rings (SSSR count). The van der Waals surface area contributed by atoms with E-state index in [1.807, 2.05) is 17.9 Å². The minimum Gasteiger partial charge on any atom is -0.330 e. The zero-order valence-electron chi connectivity index (χ0n) is 8.90. The summed E-state index contributed by atoms with van der Waals surface area (Å²) in [6, 6.07) is 0.455. The van der Waals surface area contributed by atoms with Gasteiger partial charge in [-0.1, -0.05) is 0 Å². The van der Waals surface area contributed by atoms with Crippen molar-refractivity contribution in [3.63, 3.8) is 0 Å². The molecule has 0 bridgehead atoms. The van der Waals surface area contributed by atoms with Gasteiger partial charge in [0.05, 0.1) is 17.9 Å². The lowest BCUT2D eigenvalue weighted by Crippen LogP contribution is -2.34. The zero-order chi connectivity index (χ0) is 10.1. The van der Waals surface area contributed by atoms with Crippen molar-refractivity contribution in [1.82, 2.24) is 14.7 Å². The SMILES string of the molecule is CN1CCc2cnn(C)c2C1CCN. The number of rotatable bonds is 2. The average molecular weight is 194 g/mol. The molecule has 0 radical (unpaired) electrons. The molecule has 4 heteroatoms. The lowest BCUT2D eigenvalue weighted by atomic mass is 9.98. The van der Waals surface area contributed by atoms with E-state index < -0.39 is 0 Å². The van der Waals surface area contributed by atoms with E-state index in [2.05, 4.69) is 17.0 Å². The summed E-state index contributed by atoms with van der Waals surface area (Å²) in [7, 11) is 4.18. The van der Waals surface area contributed by atoms with Crippen molar-refractivity contribution < 1.29 is 0 Å². The lowest BCUT2D eigenvalue weighted by molar-refractivity contribution is 0.212. The Morgan fingerprint density at radius 3 is 3.07 bits per heavy atom. The number of likely N-dealkylation sites (N-methyl/N-ethyl adjacent to an activating group) is 1. The quantitative estimate of drug-likeness (QED) is 0.736. The van der Waals surface area contributed by atoms with Crippen molar-refractivity contribution in [3.8, 4) is 0 Å². The molecule has 0 aromatic carbocycles. The third-order valence-corrected chi connectivity index (χ3v) is 3.09. The third-order valence-electron chi connectivity index (χ3n) is 3.09. The number of hydrogen-bond acceptors (Lipinski definition) is 3. The minimum atomic E-state index is 0.455. The van der Waals surface area contributed by atoms with Gasteiger partial charge in [0.15, 0.2) is 0 Å². The first-order valence-corrected chi connectivity index (χ1v) is 5.15. The van der Waals surface area contributed by atoms with Gasteiger partial charge in [-0.2, -0.15) is 5.10 Å². The number of nitrogens with two attached hydrogens (primary N) is 1. The molecule has 1 atom stereocenters. The Balaban J connectivity index is 2.34. The van der Waals surface area contributed by atoms with Gasteiger partial charge in [-0.25, -0.2) is 0 Å². The molecule has 0 amide bonds. The van der Waals surface area contributed by atoms with Crippen LogP contribution in [0.3, 0.4) is 0 Å². The summed E-state index contributed by atoms with van der Waals surface area (Å²) < 4.78 is 1.99. The van der Waals surface area contributed by atoms with Crippen molar-refractivity contribution in [2.45, 2.75) is 18.9 Å². The van der Waals surface area contributed by atoms with Crippen LogP contribution in [0.2, 0.25) is 0 Å². The maximum atomic E-state index is 5.64. The summed E-state index contributed by atoms with van der Waals surface area (Å²) in [5.41, 5.74) is 8.38. The van der Waals surface area contributed by atoms with Crippen molar-refractivity contribution in [3.05, 3.63) is 17.5 Å². The van der Waals surface area contributed by atoms with Crippen LogP contribution in [0.5, 0.6) is 0 Å². The van der Waals surface area contributed by atoms with E-state index in [1.54, 1.807) is 0 Å². The van der Waals surface area contributed by atoms with Gasteiger partial charge in [0, 0.05) is 13.6 Å². The van der Waals surface area contributed by atoms with Crippen LogP contribution in [-0.4, -0.2) is 34.8 Å². The molecule has 1 aliphatic rings. The largest absolute Gasteiger partial charge is 0.330 e. The minimum absolute atomic E-state index is 0.455. The van der Waals surface area contributed by atoms with E-state index in [1.165, 1.54) is 11.3 Å². The third kappa shape index (κ3) is 1.44. The number of fused-ring (bicyclic) bond motifs is 1. The van der Waals surface area contributed by atoms with Gasteiger partial charge < -0.3 is 5.73 Å². The second-order valence-corrected chi connectivity index (χ2v) is 4.00. The van der Waals surface area contributed by atoms with Crippen molar-refractivity contribution >= 4 is 0 Å². The van der Waals surface area contributed by atoms with E-state index in [0.717, 1.165) is 25.9 Å². The zero-order valence-corrected chi connectivity index (χ0v) is 8.90. The smallest absolute Gasteiger partial charge is 0.0585 e. The summed E-state index contributed by atoms with van der Waals surface area (Å²) in [5.74, 6) is 0. The van der Waals surface area contributed by atoms with Gasteiger partial charge in [-0.05, 0) is 32.0 Å². The second-order valence-electron chi connectivity index (χ2n) is 4.00. The van der Waals surface area contributed by atoms with Crippen molar-refractivity contribution in [2.24, 2.45) is 12.8 Å². The number of nitrogens with zero attached hydrogens (tertiary/aromatic N) is 3. The summed E-state index contributed by atoms with van der Waals surface area (Å²) >= 11 is 0. The molecule has 0 aliphatic carbocycles. The molecular weight excluding hydrogens is 176 g/mol. The van der Waals surface area contributed by atoms with Crippen molar-refractivity contribution in [1.29, 1.82) is 0 Å². The fourth-order valence-corrected chi connectivity index (χ4v) is 2.29. The van der Waals surface area contributed by atoms with Gasteiger partial charge in [-0.3, -0.25) is 9.58 Å². The summed E-state index contributed by atoms with van der Waals surface area (Å²) in [5, 5.41) is 4.31. The maximum absolute atomic E-state index is 5.64. The molecule has 4 nitrogen and oxygen atoms in total. The monoisotopic (exact) mass is 194 g/mol. The van der Waals surface area contributed by atoms with Gasteiger partial charge in [0.2, 0.25) is 0 Å². The van der Waals surface area contributed by atoms with Crippen LogP contribution in [0.1, 0.15) is 23.7 Å². The number of aryl methyl sites for hydroxylation is 1. The molecule has 0 spiro atoms. The Morgan fingerprint density at radius 1 is 1.57 bits per heavy atom. The Morgan fingerprint density at radius 2 is 2.36 bits per heavy atom. The van der Waals surface area contributed by atoms with E-state index in [9.17, 15) is 0 Å². The van der Waals surface area contributed by atoms with Crippen LogP contribution in [0, 0.1) is 0 Å². The molecule has 0 saturated heterocycles. The van der Waals surface area contributed by atoms with Crippen LogP contribution < -0.4 is 5.73 Å². The highest BCUT2D eigenvalue weighted by Gasteiger charge is 2.27. The van der Waals surface area contributed by atoms with Crippen LogP contribution in [0.25, 0.3) is 0 Å². The van der Waals surface area contributed by atoms with Crippen LogP contribution in [-0.2, 0) is 13.5 Å². The van der Waals surface area contributed by atoms with Gasteiger partial charge >= 0.3 is 0 Å². The van der Waals surface area contributed by atoms with Gasteiger partial charge in [0.1, 0.15) is 0 Å². The molecule has 1 aromatic rings. The summed E-state index contributed by atoms with van der Waals surface area (Å²) in [6.07, 6.45) is 4.12. The predicted octanol–water partition coefficient (Wildman–Crippen LogP) is 0.298. The van der Waals surface area contributed by atoms with Crippen LogP contribution in [0.15, 0.2) is 6.20 Å². The molecule has 78 valence electrons. The molecule has 1 aromatic heterocycles. The maximum Gasteiger partial charge on any atom is 0.0585 e. The molecule has 2 N–H and O–H groups in total. The normalized spacial score (nSPS) is 22.4. The molecule has 0 fully saturated rings. The summed E-state index contributed by atoms with van der Waals surface area (Å²) in [4.78, 5) is 2.37. The first-order valence-electron chi connectivity index (χ1n) is 5.15. The standard InChI is InChI=1S/C10H18N4/c1-13-6-4-8-7-12-14(2)10(8)9(13)3-5-11/h7,9H,3-6,11H2,1-2H3. The lowest BCUT2D eigenvalue weighted by Gasteiger charge is -2.32. The number of aromatic nitrogens is 2. The van der Waals surface area contributed by atoms with Crippen LogP contribution >= 0.6 is 0 Å². The van der Waals surface area contributed by atoms with E-state index in [0.29, 0.717) is 6.04 Å². The Kier molecular flexibility index (Phi) is 2.56. The van der Waals surface area contributed by atoms with Crippen LogP contribution in [0.4, 0.5) is 0 Å². The molecule has 1 aliphatic heterocycles. The first kappa shape index (κ1) is 9.68. The fourth-order valence-electron chi connectivity index (χ4n) is 2.29. The second kappa shape index (κ2) is 3.71. The van der Waals surface area contributed by atoms with E-state index in [-0.39, 0.29) is 0 Å². The van der Waals surface area contributed by atoms with Gasteiger partial charge in [0.25, 0.3) is 0 Å². The predicted molar refractivity (Wildman–Crippen MR) is 56.0 cm³/mol. The molecule has 1 unspecified atom stereocenters. The molecule has 0 saturated carbocycles. The first-order chi connectivity index (χ1) is 6.74. The Labute approximate surface area is 84.7 Å². The molecule has 14 heavy (non-hydrogen) atoms. The fraction of sp³-hybridized carbons (Fsp3) is 0.700. The Hall–Kier alpha value is -0.870. The molecular formula is C10H18N4. The highest BCUT2D eigenvalue weighted by atomic mass is 15.3. The van der Waals surface area contributed by atoms with Gasteiger partial charge in [-0.15, -0.1) is 0 Å².